The molecule has 1 fully saturated rings. The number of hydrogen-bond donors (Lipinski definition) is 5. The molecule has 414 valence electrons. The van der Waals surface area contributed by atoms with Crippen molar-refractivity contribution in [2.75, 3.05) is 18.4 Å². The molecule has 7 amide bonds. The number of unbranched alkanes of at least 4 members (excludes halogenated alkanes) is 2. The van der Waals surface area contributed by atoms with Gasteiger partial charge in [-0.25, -0.2) is 24.1 Å². The summed E-state index contributed by atoms with van der Waals surface area (Å²) in [6.45, 7) is 6.32. The Morgan fingerprint density at radius 3 is 2.38 bits per heavy atom. The molecule has 79 heavy (non-hydrogen) atoms. The SMILES string of the molecule is Cc1cccc(-c2[nH]c(CN(Cc3ccccc3C3CCCCC3)C(=O)OCc3ccc(NC(=O)[C@H](CCCNC(N)=O)CC(=O)[C@@H](NC(=O)CCCCCN4C(=O)C=CC4=O)C(C)C)cc3)nc2-c2ccc3ncnn3c2)n1. The summed E-state index contributed by atoms with van der Waals surface area (Å²) in [5, 5.41) is 12.7. The predicted molar refractivity (Wildman–Crippen MR) is 296 cm³/mol. The molecule has 1 saturated carbocycles. The van der Waals surface area contributed by atoms with Crippen molar-refractivity contribution in [2.24, 2.45) is 17.6 Å². The van der Waals surface area contributed by atoms with Crippen molar-refractivity contribution in [3.05, 3.63) is 132 Å². The number of H-pyrrole nitrogens is 1. The van der Waals surface area contributed by atoms with Crippen molar-refractivity contribution in [3.8, 4) is 22.6 Å². The first-order valence-corrected chi connectivity index (χ1v) is 27.3. The molecule has 5 heterocycles. The van der Waals surface area contributed by atoms with Crippen molar-refractivity contribution in [1.29, 1.82) is 0 Å². The number of nitrogens with one attached hydrogen (secondary N) is 4. The fraction of sp³-hybridized carbons (Fsp3) is 0.407. The number of carbonyl (C=O) groups is 7. The molecule has 0 bridgehead atoms. The zero-order valence-corrected chi connectivity index (χ0v) is 45.1. The Bertz CT molecular complexity index is 3140. The lowest BCUT2D eigenvalue weighted by atomic mass is 9.82. The second-order valence-corrected chi connectivity index (χ2v) is 20.7. The second kappa shape index (κ2) is 27.2. The highest BCUT2D eigenvalue weighted by atomic mass is 16.6. The van der Waals surface area contributed by atoms with E-state index in [1.807, 2.05) is 63.4 Å². The van der Waals surface area contributed by atoms with Crippen LogP contribution >= 0.6 is 0 Å². The molecule has 20 heteroatoms. The van der Waals surface area contributed by atoms with Crippen molar-refractivity contribution >= 4 is 52.9 Å². The van der Waals surface area contributed by atoms with Crippen LogP contribution in [0.3, 0.4) is 0 Å². The lowest BCUT2D eigenvalue weighted by molar-refractivity contribution is -0.137. The lowest BCUT2D eigenvalue weighted by Gasteiger charge is -2.27. The molecule has 2 atom stereocenters. The molecule has 6 aromatic rings. The minimum Gasteiger partial charge on any atom is -0.445 e. The fourth-order valence-corrected chi connectivity index (χ4v) is 10.3. The van der Waals surface area contributed by atoms with Crippen LogP contribution in [-0.4, -0.2) is 100 Å². The maximum Gasteiger partial charge on any atom is 0.410 e. The summed E-state index contributed by atoms with van der Waals surface area (Å²) in [6, 6.07) is 23.2. The number of Topliss-reactive ketones (excluding diaryl/α,β-unsaturated/α-hetero) is 1. The van der Waals surface area contributed by atoms with Gasteiger partial charge in [-0.2, -0.15) is 5.10 Å². The van der Waals surface area contributed by atoms with Crippen molar-refractivity contribution in [1.82, 2.24) is 50.0 Å². The number of aromatic nitrogens is 6. The minimum absolute atomic E-state index is 0.0712. The van der Waals surface area contributed by atoms with Gasteiger partial charge in [0.2, 0.25) is 11.8 Å². The Morgan fingerprint density at radius 1 is 0.861 bits per heavy atom. The van der Waals surface area contributed by atoms with Gasteiger partial charge in [-0.05, 0) is 110 Å². The van der Waals surface area contributed by atoms with Gasteiger partial charge in [-0.1, -0.05) is 82.0 Å². The van der Waals surface area contributed by atoms with Gasteiger partial charge in [0.15, 0.2) is 11.4 Å². The maximum atomic E-state index is 14.5. The van der Waals surface area contributed by atoms with E-state index < -0.39 is 30.0 Å². The number of imidazole rings is 1. The zero-order valence-electron chi connectivity index (χ0n) is 45.1. The van der Waals surface area contributed by atoms with Gasteiger partial charge in [0, 0.05) is 73.7 Å². The van der Waals surface area contributed by atoms with E-state index in [0.717, 1.165) is 47.4 Å². The number of aryl methyl sites for hydroxylation is 1. The molecule has 0 unspecified atom stereocenters. The van der Waals surface area contributed by atoms with Crippen molar-refractivity contribution in [2.45, 2.75) is 129 Å². The number of ether oxygens (including phenoxy) is 1. The van der Waals surface area contributed by atoms with E-state index in [2.05, 4.69) is 49.2 Å². The summed E-state index contributed by atoms with van der Waals surface area (Å²) in [6.07, 6.45) is 13.2. The molecular weight excluding hydrogens is 1000 g/mol. The third-order valence-corrected chi connectivity index (χ3v) is 14.5. The van der Waals surface area contributed by atoms with Crippen LogP contribution in [0, 0.1) is 18.8 Å². The summed E-state index contributed by atoms with van der Waals surface area (Å²) in [5.74, 6) is -1.91. The standard InChI is InChI=1S/C59H70N12O8/c1-38(2)54(68-51(73)21-8-5-11-31-70-52(74)28-29-53(70)75)48(72)32-42(18-13-30-61-58(60)77)57(76)65-45-25-22-40(23-26-45)36-79-59(78)69(33-43-17-9-10-19-46(43)41-15-6-4-7-16-41)35-49-66-55(44-24-27-50-62-37-63-71(50)34-44)56(67-49)47-20-12-14-39(3)64-47/h9-10,12,14,17,19-20,22-29,34,37-38,41-42,54H,4-8,11,13,15-16,18,21,30-33,35-36H2,1-3H3,(H,65,76)(H,66,67)(H,68,73)(H3,60,61,77)/t42-,54+/m1/s1. The maximum absolute atomic E-state index is 14.5. The molecule has 0 radical (unpaired) electrons. The van der Waals surface area contributed by atoms with Gasteiger partial charge in [-0.3, -0.25) is 38.8 Å². The van der Waals surface area contributed by atoms with E-state index in [1.54, 1.807) is 33.7 Å². The number of ketones is 1. The largest absolute Gasteiger partial charge is 0.445 e. The molecule has 0 saturated heterocycles. The third kappa shape index (κ3) is 15.6. The van der Waals surface area contributed by atoms with Crippen molar-refractivity contribution < 1.29 is 38.3 Å². The monoisotopic (exact) mass is 1070 g/mol. The number of nitrogens with two attached hydrogens (primary N) is 1. The molecule has 0 spiro atoms. The summed E-state index contributed by atoms with van der Waals surface area (Å²) < 4.78 is 7.76. The van der Waals surface area contributed by atoms with Gasteiger partial charge < -0.3 is 31.4 Å². The topological polar surface area (TPSA) is 269 Å². The van der Waals surface area contributed by atoms with Gasteiger partial charge in [0.25, 0.3) is 11.8 Å². The Morgan fingerprint density at radius 2 is 1.63 bits per heavy atom. The Labute approximate surface area is 459 Å². The first-order chi connectivity index (χ1) is 38.2. The molecule has 6 N–H and O–H groups in total. The van der Waals surface area contributed by atoms with Gasteiger partial charge in [-0.15, -0.1) is 0 Å². The van der Waals surface area contributed by atoms with Crippen LogP contribution < -0.4 is 21.7 Å². The summed E-state index contributed by atoms with van der Waals surface area (Å²) in [4.78, 5) is 111. The number of rotatable bonds is 26. The van der Waals surface area contributed by atoms with E-state index in [9.17, 15) is 33.6 Å². The Kier molecular flexibility index (Phi) is 19.5. The number of urea groups is 1. The number of hydrogen-bond acceptors (Lipinski definition) is 12. The average molecular weight is 1080 g/mol. The quantitative estimate of drug-likeness (QED) is 0.0253. The Hall–Kier alpha value is -8.55. The molecule has 1 aliphatic carbocycles. The van der Waals surface area contributed by atoms with Gasteiger partial charge in [0.1, 0.15) is 18.8 Å². The highest BCUT2D eigenvalue weighted by molar-refractivity contribution is 6.12. The number of anilines is 1. The van der Waals surface area contributed by atoms with E-state index in [1.165, 1.54) is 30.5 Å². The number of aromatic amines is 1. The van der Waals surface area contributed by atoms with Crippen LogP contribution in [0.15, 0.2) is 104 Å². The highest BCUT2D eigenvalue weighted by Gasteiger charge is 2.31. The van der Waals surface area contributed by atoms with E-state index in [4.69, 9.17) is 20.4 Å². The molecule has 2 aromatic carbocycles. The number of imide groups is 1. The summed E-state index contributed by atoms with van der Waals surface area (Å²) in [7, 11) is 0. The van der Waals surface area contributed by atoms with Gasteiger partial charge in [0.05, 0.1) is 29.7 Å². The zero-order chi connectivity index (χ0) is 55.8. The van der Waals surface area contributed by atoms with Gasteiger partial charge >= 0.3 is 12.1 Å². The lowest BCUT2D eigenvalue weighted by Crippen LogP contribution is -2.45. The van der Waals surface area contributed by atoms with Crippen molar-refractivity contribution in [3.63, 3.8) is 0 Å². The predicted octanol–water partition coefficient (Wildman–Crippen LogP) is 8.47. The molecule has 8 rings (SSSR count). The van der Waals surface area contributed by atoms with Crippen LogP contribution in [-0.2, 0) is 48.4 Å². The molecule has 2 aliphatic rings. The smallest absolute Gasteiger partial charge is 0.410 e. The number of primary amides is 1. The normalized spacial score (nSPS) is 14.4. The summed E-state index contributed by atoms with van der Waals surface area (Å²) in [5.41, 5.74) is 13.0. The van der Waals surface area contributed by atoms with Crippen LogP contribution in [0.2, 0.25) is 0 Å². The Balaban J connectivity index is 0.934. The van der Waals surface area contributed by atoms with E-state index in [-0.39, 0.29) is 81.5 Å². The number of amides is 7. The third-order valence-electron chi connectivity index (χ3n) is 14.5. The number of nitrogens with zero attached hydrogens (tertiary/aromatic N) is 7. The number of carbonyl (C=O) groups excluding carboxylic acids is 7. The molecular formula is C59H70N12O8. The van der Waals surface area contributed by atoms with Crippen LogP contribution in [0.4, 0.5) is 15.3 Å². The highest BCUT2D eigenvalue weighted by Crippen LogP contribution is 2.36. The molecule has 20 nitrogen and oxygen atoms in total. The molecule has 1 aliphatic heterocycles. The summed E-state index contributed by atoms with van der Waals surface area (Å²) >= 11 is 0. The fourth-order valence-electron chi connectivity index (χ4n) is 10.3. The number of fused-ring (bicyclic) bond motifs is 1. The van der Waals surface area contributed by atoms with E-state index >= 15 is 0 Å². The van der Waals surface area contributed by atoms with Crippen LogP contribution in [0.5, 0.6) is 0 Å². The number of pyridine rings is 2. The minimum atomic E-state index is -0.853. The first kappa shape index (κ1) is 56.6. The first-order valence-electron chi connectivity index (χ1n) is 27.3. The van der Waals surface area contributed by atoms with Crippen LogP contribution in [0.25, 0.3) is 28.3 Å². The second-order valence-electron chi connectivity index (χ2n) is 20.7. The van der Waals surface area contributed by atoms with Crippen LogP contribution in [0.1, 0.15) is 125 Å². The molecule has 4 aromatic heterocycles. The average Bonchev–Trinajstić information content (AvgIpc) is 4.34. The van der Waals surface area contributed by atoms with E-state index in [0.29, 0.717) is 71.4 Å². The number of benzene rings is 2.